The summed E-state index contributed by atoms with van der Waals surface area (Å²) in [6.45, 7) is 0.956. The van der Waals surface area contributed by atoms with E-state index in [0.717, 1.165) is 59.1 Å². The van der Waals surface area contributed by atoms with Crippen molar-refractivity contribution in [1.29, 1.82) is 0 Å². The molecule has 0 aliphatic heterocycles. The van der Waals surface area contributed by atoms with Crippen LogP contribution in [0.5, 0.6) is 11.5 Å². The highest BCUT2D eigenvalue weighted by Crippen LogP contribution is 2.34. The van der Waals surface area contributed by atoms with E-state index in [0.29, 0.717) is 93.4 Å². The van der Waals surface area contributed by atoms with Crippen molar-refractivity contribution in [2.75, 3.05) is 13.2 Å². The third kappa shape index (κ3) is 9.21. The predicted octanol–water partition coefficient (Wildman–Crippen LogP) is 14.1. The zero-order valence-electron chi connectivity index (χ0n) is 37.4. The first-order valence-electron chi connectivity index (χ1n) is 22.9. The summed E-state index contributed by atoms with van der Waals surface area (Å²) in [4.78, 5) is 28.3. The van der Waals surface area contributed by atoms with E-state index < -0.39 is 0 Å². The largest absolute Gasteiger partial charge is 0.493 e. The lowest BCUT2D eigenvalue weighted by atomic mass is 10.1. The smallest absolute Gasteiger partial charge is 0.246 e. The van der Waals surface area contributed by atoms with Crippen molar-refractivity contribution in [2.24, 2.45) is 10.2 Å². The topological polar surface area (TPSA) is 173 Å². The van der Waals surface area contributed by atoms with Crippen molar-refractivity contribution in [2.45, 2.75) is 25.7 Å². The summed E-state index contributed by atoms with van der Waals surface area (Å²) in [5.74, 6) is 2.79. The number of azo groups is 1. The predicted molar refractivity (Wildman–Crippen MR) is 265 cm³/mol. The van der Waals surface area contributed by atoms with Crippen molar-refractivity contribution in [3.63, 3.8) is 0 Å². The van der Waals surface area contributed by atoms with Gasteiger partial charge in [0.2, 0.25) is 23.6 Å². The van der Waals surface area contributed by atoms with Gasteiger partial charge >= 0.3 is 0 Å². The maximum atomic E-state index is 6.29. The fraction of sp³-hybridized carbons (Fsp3) is 0.107. The number of benzene rings is 6. The molecular formula is C56H40N8O6. The number of fused-ring (bicyclic) bond motifs is 4. The third-order valence-electron chi connectivity index (χ3n) is 11.6. The van der Waals surface area contributed by atoms with Gasteiger partial charge in [0, 0.05) is 24.3 Å². The van der Waals surface area contributed by atoms with Crippen LogP contribution in [0.3, 0.4) is 0 Å². The Kier molecular flexibility index (Phi) is 11.3. The normalized spacial score (nSPS) is 11.7. The second-order valence-corrected chi connectivity index (χ2v) is 16.5. The molecule has 0 aliphatic carbocycles. The number of rotatable bonds is 16. The van der Waals surface area contributed by atoms with Gasteiger partial charge < -0.3 is 27.1 Å². The van der Waals surface area contributed by atoms with Crippen LogP contribution in [0.15, 0.2) is 198 Å². The molecule has 14 nitrogen and oxygen atoms in total. The van der Waals surface area contributed by atoms with Crippen LogP contribution in [-0.4, -0.2) is 43.1 Å². The average Bonchev–Trinajstić information content (AvgIpc) is 4.24. The lowest BCUT2D eigenvalue weighted by Crippen LogP contribution is -2.01. The summed E-state index contributed by atoms with van der Waals surface area (Å²) in [5.41, 5.74) is 11.7. The molecule has 0 unspecified atom stereocenters. The van der Waals surface area contributed by atoms with Crippen LogP contribution in [0.4, 0.5) is 11.4 Å². The Morgan fingerprint density at radius 2 is 0.643 bits per heavy atom. The number of oxazole rings is 4. The summed E-state index contributed by atoms with van der Waals surface area (Å²) < 4.78 is 36.8. The molecular weight excluding hydrogens is 881 g/mol. The maximum Gasteiger partial charge on any atom is 0.246 e. The summed E-state index contributed by atoms with van der Waals surface area (Å²) in [6.07, 6.45) is 3.20. The minimum atomic E-state index is 0.390. The first-order chi connectivity index (χ1) is 34.6. The molecule has 0 spiro atoms. The lowest BCUT2D eigenvalue weighted by Gasteiger charge is -2.09. The molecule has 6 aromatic carbocycles. The van der Waals surface area contributed by atoms with Gasteiger partial charge in [-0.3, -0.25) is 0 Å². The average molecular weight is 921 g/mol. The molecule has 12 rings (SSSR count). The van der Waals surface area contributed by atoms with Crippen LogP contribution >= 0.6 is 0 Å². The number of hydrogen-bond acceptors (Lipinski definition) is 14. The fourth-order valence-electron chi connectivity index (χ4n) is 8.05. The van der Waals surface area contributed by atoms with Crippen molar-refractivity contribution >= 4 is 55.8 Å². The number of nitrogens with zero attached hydrogens (tertiary/aromatic N) is 8. The second kappa shape index (κ2) is 18.8. The third-order valence-corrected chi connectivity index (χ3v) is 11.6. The van der Waals surface area contributed by atoms with Crippen LogP contribution in [0.2, 0.25) is 0 Å². The van der Waals surface area contributed by atoms with Gasteiger partial charge in [0.15, 0.2) is 22.3 Å². The highest BCUT2D eigenvalue weighted by molar-refractivity contribution is 5.79. The summed E-state index contributed by atoms with van der Waals surface area (Å²) >= 11 is 0. The minimum absolute atomic E-state index is 0.390. The SMILES string of the molecule is c1ccc2oc(-c3cc(OCCCc4ccc(N=Nc5ccc(CCCOc6cc(-c7nc8ccccc8o7)nc(-c7nc8ccccc8o7)c6)cc5)cc4)cc(-c4nc5ccccc5o4)n3)nc2c1. The Balaban J connectivity index is 0.643. The molecule has 0 atom stereocenters. The summed E-state index contributed by atoms with van der Waals surface area (Å²) in [6, 6.07) is 54.0. The van der Waals surface area contributed by atoms with E-state index >= 15 is 0 Å². The van der Waals surface area contributed by atoms with E-state index in [1.165, 1.54) is 11.1 Å². The molecule has 0 bridgehead atoms. The Hall–Kier alpha value is -9.30. The number of aryl methyl sites for hydroxylation is 2. The van der Waals surface area contributed by atoms with Crippen molar-refractivity contribution in [1.82, 2.24) is 29.9 Å². The Labute approximate surface area is 399 Å². The number of hydrogen-bond donors (Lipinski definition) is 0. The van der Waals surface area contributed by atoms with Gasteiger partial charge in [-0.25, -0.2) is 29.9 Å². The molecule has 0 saturated carbocycles. The van der Waals surface area contributed by atoms with Crippen LogP contribution < -0.4 is 9.47 Å². The Morgan fingerprint density at radius 1 is 0.343 bits per heavy atom. The van der Waals surface area contributed by atoms with Gasteiger partial charge in [-0.05, 0) is 110 Å². The Bertz CT molecular complexity index is 3250. The molecule has 340 valence electrons. The van der Waals surface area contributed by atoms with Crippen molar-refractivity contribution in [3.05, 3.63) is 181 Å². The maximum absolute atomic E-state index is 6.29. The molecule has 0 amide bonds. The standard InChI is InChI=1S/C56H40N8O6/c1-5-17-49-41(13-1)59-53(67-49)45-31-39(32-46(57-45)54-60-42-14-2-6-18-50(42)68-54)65-29-9-11-35-21-25-37(26-22-35)63-64-38-27-23-36(24-28-38)12-10-30-66-40-33-47(55-61-43-15-3-7-19-51(43)69-55)58-48(34-40)56-62-44-16-4-8-20-52(44)70-56/h1-8,13-28,31-34H,9-12,29-30H2. The quantitative estimate of drug-likeness (QED) is 0.0664. The lowest BCUT2D eigenvalue weighted by molar-refractivity contribution is 0.310. The zero-order chi connectivity index (χ0) is 46.6. The zero-order valence-corrected chi connectivity index (χ0v) is 37.4. The molecule has 0 N–H and O–H groups in total. The van der Waals surface area contributed by atoms with E-state index in [1.54, 1.807) is 0 Å². The number of para-hydroxylation sites is 8. The highest BCUT2D eigenvalue weighted by atomic mass is 16.5. The van der Waals surface area contributed by atoms with Gasteiger partial charge in [-0.15, -0.1) is 0 Å². The van der Waals surface area contributed by atoms with E-state index in [1.807, 2.05) is 146 Å². The van der Waals surface area contributed by atoms with Gasteiger partial charge in [-0.2, -0.15) is 10.2 Å². The van der Waals surface area contributed by atoms with Gasteiger partial charge in [0.1, 0.15) is 56.3 Å². The summed E-state index contributed by atoms with van der Waals surface area (Å²) in [7, 11) is 0. The Morgan fingerprint density at radius 3 is 0.943 bits per heavy atom. The van der Waals surface area contributed by atoms with Crippen LogP contribution in [0, 0.1) is 0 Å². The molecule has 12 aromatic rings. The van der Waals surface area contributed by atoms with Gasteiger partial charge in [0.05, 0.1) is 24.6 Å². The van der Waals surface area contributed by atoms with Crippen molar-refractivity contribution in [3.8, 4) is 57.8 Å². The minimum Gasteiger partial charge on any atom is -0.493 e. The fourth-order valence-corrected chi connectivity index (χ4v) is 8.05. The molecule has 0 radical (unpaired) electrons. The molecule has 6 heterocycles. The van der Waals surface area contributed by atoms with E-state index in [9.17, 15) is 0 Å². The molecule has 0 aliphatic rings. The monoisotopic (exact) mass is 920 g/mol. The first kappa shape index (κ1) is 42.1. The van der Waals surface area contributed by atoms with Crippen LogP contribution in [0.25, 0.3) is 90.7 Å². The van der Waals surface area contributed by atoms with Crippen molar-refractivity contribution < 1.29 is 27.1 Å². The highest BCUT2D eigenvalue weighted by Gasteiger charge is 2.19. The molecule has 0 fully saturated rings. The van der Waals surface area contributed by atoms with Crippen LogP contribution in [0.1, 0.15) is 24.0 Å². The second-order valence-electron chi connectivity index (χ2n) is 16.5. The van der Waals surface area contributed by atoms with E-state index in [-0.39, 0.29) is 0 Å². The molecule has 70 heavy (non-hydrogen) atoms. The van der Waals surface area contributed by atoms with Gasteiger partial charge in [0.25, 0.3) is 0 Å². The number of ether oxygens (including phenoxy) is 2. The number of pyridine rings is 2. The molecule has 6 aromatic heterocycles. The summed E-state index contributed by atoms with van der Waals surface area (Å²) in [5, 5.41) is 8.98. The van der Waals surface area contributed by atoms with Gasteiger partial charge in [-0.1, -0.05) is 72.8 Å². The van der Waals surface area contributed by atoms with E-state index in [2.05, 4.69) is 54.4 Å². The molecule has 0 saturated heterocycles. The molecule has 14 heteroatoms. The van der Waals surface area contributed by atoms with Crippen LogP contribution in [-0.2, 0) is 12.8 Å². The van der Waals surface area contributed by atoms with E-state index in [4.69, 9.17) is 37.1 Å². The number of aromatic nitrogens is 6. The first-order valence-corrected chi connectivity index (χ1v) is 22.9.